The summed E-state index contributed by atoms with van der Waals surface area (Å²) in [4.78, 5) is 8.15. The van der Waals surface area contributed by atoms with Gasteiger partial charge in [0.05, 0.1) is 5.56 Å². The third-order valence-electron chi connectivity index (χ3n) is 2.53. The van der Waals surface area contributed by atoms with Gasteiger partial charge in [0.25, 0.3) is 0 Å². The Morgan fingerprint density at radius 2 is 1.79 bits per heavy atom. The Bertz CT molecular complexity index is 550. The number of hydrogen-bond acceptors (Lipinski definition) is 3. The Hall–Kier alpha value is -2.11. The van der Waals surface area contributed by atoms with E-state index < -0.39 is 11.7 Å². The van der Waals surface area contributed by atoms with Crippen LogP contribution in [-0.2, 0) is 12.7 Å². The topological polar surface area (TPSA) is 37.8 Å². The molecule has 1 aromatic heterocycles. The highest BCUT2D eigenvalue weighted by Crippen LogP contribution is 2.29. The van der Waals surface area contributed by atoms with Gasteiger partial charge in [-0.3, -0.25) is 0 Å². The van der Waals surface area contributed by atoms with Crippen LogP contribution in [0.25, 0.3) is 0 Å². The second-order valence-electron chi connectivity index (χ2n) is 4.07. The van der Waals surface area contributed by atoms with Crippen molar-refractivity contribution in [1.29, 1.82) is 0 Å². The van der Waals surface area contributed by atoms with Gasteiger partial charge in [-0.05, 0) is 30.7 Å². The highest BCUT2D eigenvalue weighted by molar-refractivity contribution is 5.30. The van der Waals surface area contributed by atoms with Crippen molar-refractivity contribution >= 4 is 5.95 Å². The largest absolute Gasteiger partial charge is 0.416 e. The summed E-state index contributed by atoms with van der Waals surface area (Å²) in [5.41, 5.74) is 0.908. The van der Waals surface area contributed by atoms with E-state index in [0.717, 1.165) is 23.4 Å². The number of halogens is 3. The second kappa shape index (κ2) is 5.26. The fraction of sp³-hybridized carbons (Fsp3) is 0.231. The van der Waals surface area contributed by atoms with Crippen LogP contribution in [0.5, 0.6) is 0 Å². The van der Waals surface area contributed by atoms with Crippen molar-refractivity contribution in [3.63, 3.8) is 0 Å². The van der Waals surface area contributed by atoms with Crippen molar-refractivity contribution in [2.45, 2.75) is 19.6 Å². The Kier molecular flexibility index (Phi) is 3.69. The number of alkyl halides is 3. The molecule has 0 spiro atoms. The minimum Gasteiger partial charge on any atom is -0.350 e. The fourth-order valence-electron chi connectivity index (χ4n) is 1.53. The van der Waals surface area contributed by atoms with Crippen LogP contribution in [0.15, 0.2) is 36.5 Å². The number of nitrogens with zero attached hydrogens (tertiary/aromatic N) is 2. The van der Waals surface area contributed by atoms with Crippen molar-refractivity contribution in [3.05, 3.63) is 53.3 Å². The molecule has 0 bridgehead atoms. The van der Waals surface area contributed by atoms with Crippen LogP contribution in [0.1, 0.15) is 16.8 Å². The van der Waals surface area contributed by atoms with Crippen LogP contribution in [-0.4, -0.2) is 9.97 Å². The summed E-state index contributed by atoms with van der Waals surface area (Å²) < 4.78 is 37.1. The molecular weight excluding hydrogens is 255 g/mol. The summed E-state index contributed by atoms with van der Waals surface area (Å²) in [6, 6.07) is 6.77. The first-order valence-electron chi connectivity index (χ1n) is 5.65. The zero-order chi connectivity index (χ0) is 13.9. The van der Waals surface area contributed by atoms with Crippen LogP contribution in [0.4, 0.5) is 19.1 Å². The SMILES string of the molecule is Cc1ccnc(NCc2ccc(C(F)(F)F)cc2)n1. The molecule has 0 aliphatic rings. The summed E-state index contributed by atoms with van der Waals surface area (Å²) >= 11 is 0. The lowest BCUT2D eigenvalue weighted by atomic mass is 10.1. The van der Waals surface area contributed by atoms with E-state index >= 15 is 0 Å². The van der Waals surface area contributed by atoms with E-state index in [9.17, 15) is 13.2 Å². The van der Waals surface area contributed by atoms with Crippen molar-refractivity contribution in [3.8, 4) is 0 Å². The van der Waals surface area contributed by atoms with E-state index in [-0.39, 0.29) is 0 Å². The standard InChI is InChI=1S/C13H12F3N3/c1-9-6-7-17-12(19-9)18-8-10-2-4-11(5-3-10)13(14,15)16/h2-7H,8H2,1H3,(H,17,18,19). The number of rotatable bonds is 3. The van der Waals surface area contributed by atoms with E-state index in [1.165, 1.54) is 12.1 Å². The first kappa shape index (κ1) is 13.3. The Morgan fingerprint density at radius 3 is 2.37 bits per heavy atom. The lowest BCUT2D eigenvalue weighted by molar-refractivity contribution is -0.137. The minimum atomic E-state index is -4.30. The molecule has 1 aromatic carbocycles. The number of benzene rings is 1. The van der Waals surface area contributed by atoms with Crippen LogP contribution in [0.3, 0.4) is 0 Å². The molecule has 2 aromatic rings. The van der Waals surface area contributed by atoms with Crippen molar-refractivity contribution in [2.24, 2.45) is 0 Å². The third-order valence-corrected chi connectivity index (χ3v) is 2.53. The highest BCUT2D eigenvalue weighted by atomic mass is 19.4. The number of aryl methyl sites for hydroxylation is 1. The van der Waals surface area contributed by atoms with Crippen molar-refractivity contribution < 1.29 is 13.2 Å². The molecule has 0 unspecified atom stereocenters. The van der Waals surface area contributed by atoms with Gasteiger partial charge < -0.3 is 5.32 Å². The molecule has 0 atom stereocenters. The molecule has 0 saturated carbocycles. The molecule has 2 rings (SSSR count). The van der Waals surface area contributed by atoms with Crippen molar-refractivity contribution in [1.82, 2.24) is 9.97 Å². The molecule has 0 radical (unpaired) electrons. The number of anilines is 1. The molecular formula is C13H12F3N3. The Labute approximate surface area is 108 Å². The molecule has 1 N–H and O–H groups in total. The number of hydrogen-bond donors (Lipinski definition) is 1. The lowest BCUT2D eigenvalue weighted by Crippen LogP contribution is -2.06. The summed E-state index contributed by atoms with van der Waals surface area (Å²) in [6.45, 7) is 2.21. The molecule has 6 heteroatoms. The van der Waals surface area contributed by atoms with Crippen LogP contribution in [0.2, 0.25) is 0 Å². The van der Waals surface area contributed by atoms with Crippen molar-refractivity contribution in [2.75, 3.05) is 5.32 Å². The quantitative estimate of drug-likeness (QED) is 0.926. The monoisotopic (exact) mass is 267 g/mol. The second-order valence-corrected chi connectivity index (χ2v) is 4.07. The summed E-state index contributed by atoms with van der Waals surface area (Å²) in [6.07, 6.45) is -2.68. The van der Waals surface area contributed by atoms with Gasteiger partial charge in [-0.15, -0.1) is 0 Å². The first-order valence-corrected chi connectivity index (χ1v) is 5.65. The van der Waals surface area contributed by atoms with E-state index in [2.05, 4.69) is 15.3 Å². The fourth-order valence-corrected chi connectivity index (χ4v) is 1.53. The Morgan fingerprint density at radius 1 is 1.11 bits per heavy atom. The van der Waals surface area contributed by atoms with Gasteiger partial charge in [0.1, 0.15) is 0 Å². The maximum Gasteiger partial charge on any atom is 0.416 e. The molecule has 0 saturated heterocycles. The maximum absolute atomic E-state index is 12.4. The molecule has 19 heavy (non-hydrogen) atoms. The molecule has 1 heterocycles. The van der Waals surface area contributed by atoms with Gasteiger partial charge in [-0.1, -0.05) is 12.1 Å². The predicted molar refractivity (Wildman–Crippen MR) is 65.5 cm³/mol. The van der Waals surface area contributed by atoms with Gasteiger partial charge in [0, 0.05) is 18.4 Å². The first-order chi connectivity index (χ1) is 8.95. The predicted octanol–water partition coefficient (Wildman–Crippen LogP) is 3.42. The molecule has 0 amide bonds. The van der Waals surface area contributed by atoms with E-state index in [4.69, 9.17) is 0 Å². The smallest absolute Gasteiger partial charge is 0.350 e. The average Bonchev–Trinajstić information content (AvgIpc) is 2.36. The zero-order valence-electron chi connectivity index (χ0n) is 10.2. The van der Waals surface area contributed by atoms with Gasteiger partial charge in [-0.25, -0.2) is 9.97 Å². The highest BCUT2D eigenvalue weighted by Gasteiger charge is 2.29. The minimum absolute atomic E-state index is 0.377. The van der Waals surface area contributed by atoms with E-state index in [1.54, 1.807) is 12.3 Å². The van der Waals surface area contributed by atoms with Gasteiger partial charge in [0.15, 0.2) is 0 Å². The Balaban J connectivity index is 2.01. The van der Waals surface area contributed by atoms with Crippen LogP contribution in [0, 0.1) is 6.92 Å². The van der Waals surface area contributed by atoms with E-state index in [1.807, 2.05) is 6.92 Å². The van der Waals surface area contributed by atoms with Gasteiger partial charge >= 0.3 is 6.18 Å². The normalized spacial score (nSPS) is 11.4. The summed E-state index contributed by atoms with van der Waals surface area (Å²) in [5, 5.41) is 2.96. The maximum atomic E-state index is 12.4. The number of aromatic nitrogens is 2. The van der Waals surface area contributed by atoms with Gasteiger partial charge in [-0.2, -0.15) is 13.2 Å². The zero-order valence-corrected chi connectivity index (χ0v) is 10.2. The summed E-state index contributed by atoms with van der Waals surface area (Å²) in [7, 11) is 0. The molecule has 0 aliphatic heterocycles. The molecule has 100 valence electrons. The molecule has 3 nitrogen and oxygen atoms in total. The summed E-state index contributed by atoms with van der Waals surface area (Å²) in [5.74, 6) is 0.458. The number of nitrogens with one attached hydrogen (secondary N) is 1. The third kappa shape index (κ3) is 3.67. The molecule has 0 fully saturated rings. The lowest BCUT2D eigenvalue weighted by Gasteiger charge is -2.08. The van der Waals surface area contributed by atoms with Crippen LogP contribution >= 0.6 is 0 Å². The van der Waals surface area contributed by atoms with Crippen LogP contribution < -0.4 is 5.32 Å². The average molecular weight is 267 g/mol. The molecule has 0 aliphatic carbocycles. The van der Waals surface area contributed by atoms with E-state index in [0.29, 0.717) is 12.5 Å². The van der Waals surface area contributed by atoms with Gasteiger partial charge in [0.2, 0.25) is 5.95 Å².